The van der Waals surface area contributed by atoms with Gasteiger partial charge in [0.05, 0.1) is 7.11 Å². The van der Waals surface area contributed by atoms with Crippen molar-refractivity contribution in [1.82, 2.24) is 4.72 Å². The number of ether oxygens (including phenoxy) is 1. The molecule has 0 aromatic heterocycles. The minimum absolute atomic E-state index is 0.146. The number of halogens is 1. The maximum atomic E-state index is 12.2. The van der Waals surface area contributed by atoms with Crippen LogP contribution < -0.4 is 9.46 Å². The Balaban J connectivity index is 3.00. The van der Waals surface area contributed by atoms with Crippen molar-refractivity contribution in [3.63, 3.8) is 0 Å². The van der Waals surface area contributed by atoms with Gasteiger partial charge in [-0.25, -0.2) is 13.1 Å². The van der Waals surface area contributed by atoms with E-state index < -0.39 is 10.0 Å². The summed E-state index contributed by atoms with van der Waals surface area (Å²) in [6, 6.07) is 4.89. The molecule has 1 unspecified atom stereocenters. The van der Waals surface area contributed by atoms with E-state index in [0.717, 1.165) is 0 Å². The fraction of sp³-hybridized carbons (Fsp3) is 0.455. The van der Waals surface area contributed by atoms with Crippen LogP contribution in [0.5, 0.6) is 5.75 Å². The standard InChI is InChI=1S/C11H16BrNO3S2/c1-8(17-3)7-13-18(14,15)11-6-9(12)4-5-10(11)16-2/h4-6,8,13H,7H2,1-3H3. The lowest BCUT2D eigenvalue weighted by molar-refractivity contribution is 0.402. The van der Waals surface area contributed by atoms with Gasteiger partial charge in [0, 0.05) is 16.3 Å². The van der Waals surface area contributed by atoms with Gasteiger partial charge in [0.25, 0.3) is 0 Å². The predicted molar refractivity (Wildman–Crippen MR) is 78.9 cm³/mol. The number of thioether (sulfide) groups is 1. The third-order valence-electron chi connectivity index (χ3n) is 2.38. The molecule has 1 aromatic carbocycles. The van der Waals surface area contributed by atoms with Crippen molar-refractivity contribution in [1.29, 1.82) is 0 Å². The molecule has 0 fully saturated rings. The Labute approximate surface area is 121 Å². The number of rotatable bonds is 6. The highest BCUT2D eigenvalue weighted by atomic mass is 79.9. The second kappa shape index (κ2) is 6.79. The molecule has 102 valence electrons. The first-order chi connectivity index (χ1) is 8.40. The third-order valence-corrected chi connectivity index (χ3v) is 5.29. The molecule has 0 amide bonds. The number of sulfonamides is 1. The summed E-state index contributed by atoms with van der Waals surface area (Å²) < 4.78 is 32.7. The Bertz CT molecular complexity index is 505. The highest BCUT2D eigenvalue weighted by molar-refractivity contribution is 9.10. The summed E-state index contributed by atoms with van der Waals surface area (Å²) in [6.45, 7) is 2.35. The van der Waals surface area contributed by atoms with Crippen LogP contribution in [0.3, 0.4) is 0 Å². The second-order valence-corrected chi connectivity index (χ2v) is 7.62. The van der Waals surface area contributed by atoms with Crippen molar-refractivity contribution in [3.8, 4) is 5.75 Å². The molecule has 0 spiro atoms. The minimum atomic E-state index is -3.55. The van der Waals surface area contributed by atoms with E-state index in [0.29, 0.717) is 16.8 Å². The summed E-state index contributed by atoms with van der Waals surface area (Å²) in [5, 5.41) is 0.220. The van der Waals surface area contributed by atoms with Gasteiger partial charge in [-0.3, -0.25) is 0 Å². The Kier molecular flexibility index (Phi) is 5.97. The first-order valence-electron chi connectivity index (χ1n) is 5.26. The van der Waals surface area contributed by atoms with Gasteiger partial charge in [-0.1, -0.05) is 22.9 Å². The number of methoxy groups -OCH3 is 1. The lowest BCUT2D eigenvalue weighted by Gasteiger charge is -2.13. The predicted octanol–water partition coefficient (Wildman–Crippen LogP) is 2.49. The van der Waals surface area contributed by atoms with E-state index in [9.17, 15) is 8.42 Å². The number of nitrogens with one attached hydrogen (secondary N) is 1. The molecule has 4 nitrogen and oxygen atoms in total. The molecular formula is C11H16BrNO3S2. The van der Waals surface area contributed by atoms with Crippen molar-refractivity contribution >= 4 is 37.7 Å². The van der Waals surface area contributed by atoms with Gasteiger partial charge in [0.1, 0.15) is 10.6 Å². The molecule has 1 aromatic rings. The number of benzene rings is 1. The van der Waals surface area contributed by atoms with E-state index in [2.05, 4.69) is 20.7 Å². The summed E-state index contributed by atoms with van der Waals surface area (Å²) in [7, 11) is -2.10. The first-order valence-corrected chi connectivity index (χ1v) is 8.83. The summed E-state index contributed by atoms with van der Waals surface area (Å²) in [4.78, 5) is 0.146. The highest BCUT2D eigenvalue weighted by Gasteiger charge is 2.20. The molecule has 0 saturated carbocycles. The van der Waals surface area contributed by atoms with Gasteiger partial charge in [-0.05, 0) is 24.5 Å². The van der Waals surface area contributed by atoms with Gasteiger partial charge in [0.2, 0.25) is 10.0 Å². The Morgan fingerprint density at radius 3 is 2.72 bits per heavy atom. The summed E-state index contributed by atoms with van der Waals surface area (Å²) in [5.41, 5.74) is 0. The van der Waals surface area contributed by atoms with Crippen LogP contribution >= 0.6 is 27.7 Å². The molecule has 0 aliphatic carbocycles. The maximum Gasteiger partial charge on any atom is 0.244 e. The zero-order valence-electron chi connectivity index (χ0n) is 10.4. The fourth-order valence-corrected chi connectivity index (χ4v) is 3.44. The van der Waals surface area contributed by atoms with E-state index in [-0.39, 0.29) is 10.1 Å². The zero-order valence-corrected chi connectivity index (χ0v) is 13.7. The first kappa shape index (κ1) is 15.8. The molecule has 0 aliphatic rings. The molecular weight excluding hydrogens is 338 g/mol. The third kappa shape index (κ3) is 4.15. The van der Waals surface area contributed by atoms with Crippen LogP contribution in [0, 0.1) is 0 Å². The van der Waals surface area contributed by atoms with Crippen molar-refractivity contribution in [2.24, 2.45) is 0 Å². The van der Waals surface area contributed by atoms with E-state index in [1.54, 1.807) is 23.9 Å². The van der Waals surface area contributed by atoms with E-state index in [1.165, 1.54) is 13.2 Å². The molecule has 1 rings (SSSR count). The van der Waals surface area contributed by atoms with Crippen LogP contribution in [-0.4, -0.2) is 33.6 Å². The number of hydrogen-bond donors (Lipinski definition) is 1. The average Bonchev–Trinajstić information content (AvgIpc) is 2.36. The van der Waals surface area contributed by atoms with Gasteiger partial charge in [-0.15, -0.1) is 0 Å². The summed E-state index contributed by atoms with van der Waals surface area (Å²) in [5.74, 6) is 0.336. The van der Waals surface area contributed by atoms with E-state index in [4.69, 9.17) is 4.74 Å². The molecule has 0 saturated heterocycles. The molecule has 0 bridgehead atoms. The van der Waals surface area contributed by atoms with Crippen LogP contribution in [0.2, 0.25) is 0 Å². The van der Waals surface area contributed by atoms with Gasteiger partial charge < -0.3 is 4.74 Å². The van der Waals surface area contributed by atoms with E-state index in [1.807, 2.05) is 13.2 Å². The molecule has 0 aliphatic heterocycles. The Morgan fingerprint density at radius 1 is 1.50 bits per heavy atom. The average molecular weight is 354 g/mol. The van der Waals surface area contributed by atoms with Crippen LogP contribution in [0.4, 0.5) is 0 Å². The highest BCUT2D eigenvalue weighted by Crippen LogP contribution is 2.27. The fourth-order valence-electron chi connectivity index (χ4n) is 1.25. The summed E-state index contributed by atoms with van der Waals surface area (Å²) >= 11 is 4.87. The molecule has 1 atom stereocenters. The number of hydrogen-bond acceptors (Lipinski definition) is 4. The normalized spacial score (nSPS) is 13.3. The Morgan fingerprint density at radius 2 is 2.17 bits per heavy atom. The van der Waals surface area contributed by atoms with Crippen LogP contribution in [0.1, 0.15) is 6.92 Å². The van der Waals surface area contributed by atoms with Crippen LogP contribution in [-0.2, 0) is 10.0 Å². The SMILES string of the molecule is COc1ccc(Br)cc1S(=O)(=O)NCC(C)SC. The second-order valence-electron chi connectivity index (χ2n) is 3.69. The smallest absolute Gasteiger partial charge is 0.244 e. The van der Waals surface area contributed by atoms with Crippen molar-refractivity contribution < 1.29 is 13.2 Å². The molecule has 1 N–H and O–H groups in total. The van der Waals surface area contributed by atoms with Crippen molar-refractivity contribution in [3.05, 3.63) is 22.7 Å². The maximum absolute atomic E-state index is 12.2. The Hall–Kier alpha value is -0.240. The molecule has 0 heterocycles. The van der Waals surface area contributed by atoms with Crippen LogP contribution in [0.15, 0.2) is 27.6 Å². The quantitative estimate of drug-likeness (QED) is 0.853. The lowest BCUT2D eigenvalue weighted by atomic mass is 10.3. The summed E-state index contributed by atoms with van der Waals surface area (Å²) in [6.07, 6.45) is 1.94. The molecule has 18 heavy (non-hydrogen) atoms. The van der Waals surface area contributed by atoms with E-state index >= 15 is 0 Å². The lowest BCUT2D eigenvalue weighted by Crippen LogP contribution is -2.29. The topological polar surface area (TPSA) is 55.4 Å². The van der Waals surface area contributed by atoms with Gasteiger partial charge in [0.15, 0.2) is 0 Å². The monoisotopic (exact) mass is 353 g/mol. The van der Waals surface area contributed by atoms with Crippen LogP contribution in [0.25, 0.3) is 0 Å². The van der Waals surface area contributed by atoms with Gasteiger partial charge >= 0.3 is 0 Å². The molecule has 0 radical (unpaired) electrons. The molecule has 7 heteroatoms. The largest absolute Gasteiger partial charge is 0.495 e. The van der Waals surface area contributed by atoms with Crippen molar-refractivity contribution in [2.45, 2.75) is 17.1 Å². The minimum Gasteiger partial charge on any atom is -0.495 e. The van der Waals surface area contributed by atoms with Crippen molar-refractivity contribution in [2.75, 3.05) is 19.9 Å². The zero-order chi connectivity index (χ0) is 13.8. The van der Waals surface area contributed by atoms with Gasteiger partial charge in [-0.2, -0.15) is 11.8 Å².